The molecule has 36 heavy (non-hydrogen) atoms. The Morgan fingerprint density at radius 1 is 1.08 bits per heavy atom. The van der Waals surface area contributed by atoms with Crippen LogP contribution >= 0.6 is 23.2 Å². The second-order valence-corrected chi connectivity index (χ2v) is 8.42. The van der Waals surface area contributed by atoms with E-state index < -0.39 is 24.0 Å². The van der Waals surface area contributed by atoms with Crippen molar-refractivity contribution in [1.82, 2.24) is 10.6 Å². The van der Waals surface area contributed by atoms with Crippen molar-refractivity contribution in [3.8, 4) is 0 Å². The molecule has 2 amide bonds. The molecule has 0 aromatic heterocycles. The van der Waals surface area contributed by atoms with Gasteiger partial charge in [-0.15, -0.1) is 0 Å². The summed E-state index contributed by atoms with van der Waals surface area (Å²) in [5.41, 5.74) is 14.2. The van der Waals surface area contributed by atoms with E-state index in [9.17, 15) is 14.4 Å². The fourth-order valence-corrected chi connectivity index (χ4v) is 3.54. The molecule has 0 radical (unpaired) electrons. The van der Waals surface area contributed by atoms with Gasteiger partial charge in [0.1, 0.15) is 6.04 Å². The molecule has 0 aliphatic heterocycles. The van der Waals surface area contributed by atoms with E-state index in [1.165, 1.54) is 13.2 Å². The first kappa shape index (κ1) is 31.4. The Balaban J connectivity index is 2.88. The lowest BCUT2D eigenvalue weighted by Gasteiger charge is -2.24. The predicted octanol–water partition coefficient (Wildman–Crippen LogP) is 2.67. The van der Waals surface area contributed by atoms with E-state index in [0.29, 0.717) is 35.0 Å². The predicted molar refractivity (Wildman–Crippen MR) is 134 cm³/mol. The zero-order valence-corrected chi connectivity index (χ0v) is 21.6. The fraction of sp³-hybridized carbons (Fsp3) is 0.591. The lowest BCUT2D eigenvalue weighted by Crippen LogP contribution is -2.50. The number of nitrogens with zero attached hydrogens (tertiary/aromatic N) is 3. The number of benzene rings is 1. The number of carbonyl (C=O) groups is 3. The van der Waals surface area contributed by atoms with Gasteiger partial charge in [-0.25, -0.2) is 0 Å². The first-order valence-corrected chi connectivity index (χ1v) is 12.0. The van der Waals surface area contributed by atoms with Gasteiger partial charge >= 0.3 is 5.97 Å². The highest BCUT2D eigenvalue weighted by molar-refractivity contribution is 6.34. The van der Waals surface area contributed by atoms with E-state index >= 15 is 0 Å². The van der Waals surface area contributed by atoms with Gasteiger partial charge in [0.25, 0.3) is 0 Å². The van der Waals surface area contributed by atoms with E-state index in [4.69, 9.17) is 48.7 Å². The molecule has 1 aromatic rings. The maximum absolute atomic E-state index is 13.1. The summed E-state index contributed by atoms with van der Waals surface area (Å²) in [6, 6.07) is 2.81. The van der Waals surface area contributed by atoms with Crippen molar-refractivity contribution in [3.05, 3.63) is 44.3 Å². The van der Waals surface area contributed by atoms with Crippen LogP contribution in [0.3, 0.4) is 0 Å². The van der Waals surface area contributed by atoms with E-state index in [1.807, 2.05) is 0 Å². The number of amides is 2. The Morgan fingerprint density at radius 2 is 1.78 bits per heavy atom. The topological polar surface area (TPSA) is 178 Å². The molecule has 0 spiro atoms. The van der Waals surface area contributed by atoms with Gasteiger partial charge in [-0.1, -0.05) is 28.3 Å². The highest BCUT2D eigenvalue weighted by Gasteiger charge is 2.26. The molecule has 1 aromatic carbocycles. The van der Waals surface area contributed by atoms with E-state index in [1.54, 1.807) is 12.1 Å². The van der Waals surface area contributed by atoms with Crippen LogP contribution in [0.15, 0.2) is 23.3 Å². The van der Waals surface area contributed by atoms with Crippen molar-refractivity contribution < 1.29 is 28.6 Å². The molecule has 1 rings (SSSR count). The van der Waals surface area contributed by atoms with Crippen LogP contribution in [-0.4, -0.2) is 70.5 Å². The summed E-state index contributed by atoms with van der Waals surface area (Å²) < 4.78 is 15.5. The van der Waals surface area contributed by atoms with Gasteiger partial charge in [-0.3, -0.25) is 14.4 Å². The van der Waals surface area contributed by atoms with E-state index in [0.717, 1.165) is 0 Å². The van der Waals surface area contributed by atoms with Crippen LogP contribution in [0.1, 0.15) is 37.3 Å². The maximum atomic E-state index is 13.1. The number of ether oxygens (including phenoxy) is 3. The molecular formula is C22H32Cl2N6O6. The van der Waals surface area contributed by atoms with Gasteiger partial charge < -0.3 is 30.6 Å². The second kappa shape index (κ2) is 18.6. The Kier molecular flexibility index (Phi) is 16.3. The number of halogens is 2. The lowest BCUT2D eigenvalue weighted by atomic mass is 10.0. The van der Waals surface area contributed by atoms with Crippen LogP contribution in [0.4, 0.5) is 0 Å². The van der Waals surface area contributed by atoms with E-state index in [2.05, 4.69) is 20.7 Å². The molecule has 0 aliphatic carbocycles. The normalized spacial score (nSPS) is 12.2. The van der Waals surface area contributed by atoms with Crippen LogP contribution < -0.4 is 16.4 Å². The fourth-order valence-electron chi connectivity index (χ4n) is 3.00. The molecular weight excluding hydrogens is 515 g/mol. The van der Waals surface area contributed by atoms with Crippen molar-refractivity contribution in [3.63, 3.8) is 0 Å². The minimum Gasteiger partial charge on any atom is -0.469 e. The lowest BCUT2D eigenvalue weighted by molar-refractivity contribution is -0.141. The van der Waals surface area contributed by atoms with Crippen molar-refractivity contribution in [1.29, 1.82) is 0 Å². The van der Waals surface area contributed by atoms with Crippen LogP contribution in [0, 0.1) is 0 Å². The number of hydrogen-bond donors (Lipinski definition) is 3. The standard InChI is InChI=1S/C22H32Cl2N6O6/c1-34-21(32)13-18(15-10-16(23)12-17(24)11-15)29-22(33)19(28-20(31)4-2-3-5-25)14-36-9-8-35-7-6-27-30-26/h10-12,18-19H,2-9,13-14,25H2,1H3,(H,28,31)(H,29,33)/t18?,19-/m0/s1. The minimum absolute atomic E-state index is 0.137. The Hall–Kier alpha value is -2.60. The Bertz CT molecular complexity index is 880. The molecule has 200 valence electrons. The number of rotatable bonds is 18. The summed E-state index contributed by atoms with van der Waals surface area (Å²) in [5, 5.41) is 9.42. The summed E-state index contributed by atoms with van der Waals surface area (Å²) >= 11 is 12.2. The third kappa shape index (κ3) is 13.5. The molecule has 14 heteroatoms. The smallest absolute Gasteiger partial charge is 0.307 e. The molecule has 4 N–H and O–H groups in total. The number of methoxy groups -OCH3 is 1. The number of nitrogens with two attached hydrogens (primary N) is 1. The van der Waals surface area contributed by atoms with Gasteiger partial charge in [0.2, 0.25) is 11.8 Å². The van der Waals surface area contributed by atoms with E-state index in [-0.39, 0.29) is 51.7 Å². The number of carbonyl (C=O) groups excluding carboxylic acids is 3. The quantitative estimate of drug-likeness (QED) is 0.0831. The van der Waals surface area contributed by atoms with Gasteiger partial charge in [0.05, 0.1) is 46.0 Å². The zero-order chi connectivity index (χ0) is 26.8. The summed E-state index contributed by atoms with van der Waals surface area (Å²) in [5.74, 6) is -1.47. The Labute approximate surface area is 219 Å². The largest absolute Gasteiger partial charge is 0.469 e. The third-order valence-corrected chi connectivity index (χ3v) is 5.20. The SMILES string of the molecule is COC(=O)CC(NC(=O)[C@H](COCCOCCN=[N+]=[N-])NC(=O)CCCCN)c1cc(Cl)cc(Cl)c1. The number of unbranched alkanes of at least 4 members (excludes halogenated alkanes) is 1. The molecule has 0 saturated carbocycles. The van der Waals surface area contributed by atoms with Crippen molar-refractivity contribution >= 4 is 41.0 Å². The summed E-state index contributed by atoms with van der Waals surface area (Å²) in [6.45, 7) is 1.07. The summed E-state index contributed by atoms with van der Waals surface area (Å²) in [4.78, 5) is 40.1. The minimum atomic E-state index is -1.05. The number of azide groups is 1. The molecule has 0 saturated heterocycles. The van der Waals surface area contributed by atoms with Gasteiger partial charge in [-0.05, 0) is 48.7 Å². The molecule has 12 nitrogen and oxygen atoms in total. The monoisotopic (exact) mass is 546 g/mol. The second-order valence-electron chi connectivity index (χ2n) is 7.55. The van der Waals surface area contributed by atoms with Crippen LogP contribution in [-0.2, 0) is 28.6 Å². The average Bonchev–Trinajstić information content (AvgIpc) is 2.83. The highest BCUT2D eigenvalue weighted by atomic mass is 35.5. The molecule has 2 atom stereocenters. The molecule has 0 bridgehead atoms. The van der Waals surface area contributed by atoms with Crippen molar-refractivity contribution in [2.24, 2.45) is 10.8 Å². The number of hydrogen-bond acceptors (Lipinski definition) is 8. The van der Waals surface area contributed by atoms with Crippen LogP contribution in [0.25, 0.3) is 10.4 Å². The molecule has 0 aliphatic rings. The number of esters is 1. The van der Waals surface area contributed by atoms with Crippen molar-refractivity contribution in [2.75, 3.05) is 46.6 Å². The zero-order valence-electron chi connectivity index (χ0n) is 20.1. The third-order valence-electron chi connectivity index (χ3n) is 4.77. The van der Waals surface area contributed by atoms with Crippen LogP contribution in [0.5, 0.6) is 0 Å². The highest BCUT2D eigenvalue weighted by Crippen LogP contribution is 2.26. The molecule has 0 heterocycles. The number of nitrogens with one attached hydrogen (secondary N) is 2. The summed E-state index contributed by atoms with van der Waals surface area (Å²) in [7, 11) is 1.24. The average molecular weight is 547 g/mol. The summed E-state index contributed by atoms with van der Waals surface area (Å²) in [6.07, 6.45) is 1.25. The van der Waals surface area contributed by atoms with Gasteiger partial charge in [0, 0.05) is 27.9 Å². The molecule has 0 fully saturated rings. The van der Waals surface area contributed by atoms with Gasteiger partial charge in [-0.2, -0.15) is 0 Å². The maximum Gasteiger partial charge on any atom is 0.307 e. The van der Waals surface area contributed by atoms with Crippen molar-refractivity contribution in [2.45, 2.75) is 37.8 Å². The van der Waals surface area contributed by atoms with Crippen LogP contribution in [0.2, 0.25) is 10.0 Å². The first-order valence-electron chi connectivity index (χ1n) is 11.3. The van der Waals surface area contributed by atoms with Gasteiger partial charge in [0.15, 0.2) is 0 Å². The first-order chi connectivity index (χ1) is 17.3. The Morgan fingerprint density at radius 3 is 2.42 bits per heavy atom. The molecule has 1 unspecified atom stereocenters.